The first kappa shape index (κ1) is 15.5. The molecule has 2 rings (SSSR count). The van der Waals surface area contributed by atoms with Crippen LogP contribution in [-0.2, 0) is 11.2 Å². The molecule has 0 saturated heterocycles. The molecular weight excluding hydrogens is 286 g/mol. The minimum absolute atomic E-state index is 0.0205. The zero-order chi connectivity index (χ0) is 15.6. The number of hydrogen-bond donors (Lipinski definition) is 3. The van der Waals surface area contributed by atoms with Crippen molar-refractivity contribution in [3.63, 3.8) is 0 Å². The summed E-state index contributed by atoms with van der Waals surface area (Å²) in [5.41, 5.74) is 5.23. The third-order valence-electron chi connectivity index (χ3n) is 3.35. The summed E-state index contributed by atoms with van der Waals surface area (Å²) in [6.45, 7) is 6.33. The Labute approximate surface area is 128 Å². The third-order valence-corrected chi connectivity index (χ3v) is 4.52. The molecule has 2 aromatic rings. The number of hydrogen-bond acceptors (Lipinski definition) is 6. The van der Waals surface area contributed by atoms with Gasteiger partial charge in [0.25, 0.3) is 0 Å². The first-order valence-electron chi connectivity index (χ1n) is 6.89. The van der Waals surface area contributed by atoms with E-state index in [1.54, 1.807) is 18.4 Å². The minimum atomic E-state index is -0.537. The van der Waals surface area contributed by atoms with Gasteiger partial charge in [-0.05, 0) is 26.3 Å². The predicted molar refractivity (Wildman–Crippen MR) is 87.5 cm³/mol. The number of nitrogens with two attached hydrogens (primary N) is 1. The Hall–Kier alpha value is -1.89. The number of amides is 1. The largest absolute Gasteiger partial charge is 0.368 e. The fourth-order valence-electron chi connectivity index (χ4n) is 2.02. The molecule has 0 atom stereocenters. The lowest BCUT2D eigenvalue weighted by atomic mass is 9.92. The molecule has 0 radical (unpaired) electrons. The van der Waals surface area contributed by atoms with Gasteiger partial charge >= 0.3 is 0 Å². The van der Waals surface area contributed by atoms with Crippen molar-refractivity contribution in [1.29, 1.82) is 0 Å². The molecule has 0 unspecified atom stereocenters. The van der Waals surface area contributed by atoms with E-state index in [-0.39, 0.29) is 11.9 Å². The van der Waals surface area contributed by atoms with Crippen LogP contribution in [0, 0.1) is 5.41 Å². The lowest BCUT2D eigenvalue weighted by Crippen LogP contribution is -2.39. The maximum atomic E-state index is 11.8. The highest BCUT2D eigenvalue weighted by Gasteiger charge is 2.26. The number of carbonyl (C=O) groups is 1. The number of nitrogens with one attached hydrogen (secondary N) is 2. The van der Waals surface area contributed by atoms with Crippen molar-refractivity contribution in [2.75, 3.05) is 24.6 Å². The molecule has 114 valence electrons. The Morgan fingerprint density at radius 1 is 1.43 bits per heavy atom. The van der Waals surface area contributed by atoms with Crippen LogP contribution >= 0.6 is 11.3 Å². The molecule has 2 heterocycles. The molecule has 21 heavy (non-hydrogen) atoms. The van der Waals surface area contributed by atoms with Crippen molar-refractivity contribution in [2.45, 2.75) is 27.2 Å². The van der Waals surface area contributed by atoms with Gasteiger partial charge in [0, 0.05) is 18.5 Å². The predicted octanol–water partition coefficient (Wildman–Crippen LogP) is 2.02. The molecule has 2 aromatic heterocycles. The van der Waals surface area contributed by atoms with E-state index in [1.807, 2.05) is 13.8 Å². The standard InChI is InChI=1S/C14H21N5OS/c1-5-8-6-9-10(18-13(15)19-11(9)21-8)17-7-14(2,3)12(20)16-4/h6H,5,7H2,1-4H3,(H,16,20)(H3,15,17,18,19). The Bertz CT molecular complexity index is 665. The van der Waals surface area contributed by atoms with Crippen LogP contribution in [0.5, 0.6) is 0 Å². The molecule has 6 nitrogen and oxygen atoms in total. The van der Waals surface area contributed by atoms with E-state index < -0.39 is 5.41 Å². The van der Waals surface area contributed by atoms with E-state index >= 15 is 0 Å². The third kappa shape index (κ3) is 3.24. The average molecular weight is 307 g/mol. The summed E-state index contributed by atoms with van der Waals surface area (Å²) in [5.74, 6) is 0.908. The summed E-state index contributed by atoms with van der Waals surface area (Å²) in [7, 11) is 1.64. The van der Waals surface area contributed by atoms with E-state index in [4.69, 9.17) is 5.73 Å². The molecule has 4 N–H and O–H groups in total. The number of thiophene rings is 1. The van der Waals surface area contributed by atoms with E-state index in [9.17, 15) is 4.79 Å². The van der Waals surface area contributed by atoms with E-state index in [2.05, 4.69) is 33.6 Å². The summed E-state index contributed by atoms with van der Waals surface area (Å²) in [6.07, 6.45) is 0.949. The van der Waals surface area contributed by atoms with E-state index in [1.165, 1.54) is 4.88 Å². The second kappa shape index (κ2) is 5.85. The first-order chi connectivity index (χ1) is 9.87. The van der Waals surface area contributed by atoms with Crippen molar-refractivity contribution in [3.8, 4) is 0 Å². The second-order valence-electron chi connectivity index (χ2n) is 5.53. The van der Waals surface area contributed by atoms with Gasteiger partial charge < -0.3 is 16.4 Å². The highest BCUT2D eigenvalue weighted by molar-refractivity contribution is 7.18. The van der Waals surface area contributed by atoms with Gasteiger partial charge in [-0.2, -0.15) is 4.98 Å². The van der Waals surface area contributed by atoms with Crippen LogP contribution in [-0.4, -0.2) is 29.5 Å². The van der Waals surface area contributed by atoms with Gasteiger partial charge in [0.2, 0.25) is 11.9 Å². The molecule has 7 heteroatoms. The number of nitrogen functional groups attached to an aromatic ring is 1. The summed E-state index contributed by atoms with van der Waals surface area (Å²) >= 11 is 1.62. The van der Waals surface area contributed by atoms with Gasteiger partial charge in [0.15, 0.2) is 0 Å². The maximum absolute atomic E-state index is 11.8. The van der Waals surface area contributed by atoms with Crippen molar-refractivity contribution in [3.05, 3.63) is 10.9 Å². The number of aryl methyl sites for hydroxylation is 1. The van der Waals surface area contributed by atoms with Gasteiger partial charge in [0.05, 0.1) is 10.8 Å². The van der Waals surface area contributed by atoms with Gasteiger partial charge in [-0.1, -0.05) is 6.92 Å². The molecule has 0 aliphatic carbocycles. The Morgan fingerprint density at radius 3 is 2.76 bits per heavy atom. The summed E-state index contributed by atoms with van der Waals surface area (Å²) in [5, 5.41) is 6.86. The maximum Gasteiger partial charge on any atom is 0.227 e. The highest BCUT2D eigenvalue weighted by atomic mass is 32.1. The molecule has 0 aliphatic heterocycles. The molecule has 0 aliphatic rings. The van der Waals surface area contributed by atoms with Crippen LogP contribution < -0.4 is 16.4 Å². The van der Waals surface area contributed by atoms with Gasteiger partial charge in [-0.3, -0.25) is 4.79 Å². The van der Waals surface area contributed by atoms with E-state index in [0.717, 1.165) is 16.6 Å². The quantitative estimate of drug-likeness (QED) is 0.786. The van der Waals surface area contributed by atoms with Crippen LogP contribution in [0.1, 0.15) is 25.6 Å². The number of anilines is 2. The highest BCUT2D eigenvalue weighted by Crippen LogP contribution is 2.30. The molecule has 0 bridgehead atoms. The summed E-state index contributed by atoms with van der Waals surface area (Å²) in [6, 6.07) is 2.08. The minimum Gasteiger partial charge on any atom is -0.368 e. The van der Waals surface area contributed by atoms with Crippen molar-refractivity contribution >= 4 is 39.2 Å². The molecular formula is C14H21N5OS. The van der Waals surface area contributed by atoms with Crippen LogP contribution in [0.2, 0.25) is 0 Å². The number of rotatable bonds is 5. The fourth-order valence-corrected chi connectivity index (χ4v) is 2.99. The van der Waals surface area contributed by atoms with Gasteiger partial charge in [-0.15, -0.1) is 11.3 Å². The summed E-state index contributed by atoms with van der Waals surface area (Å²) < 4.78 is 0. The zero-order valence-electron chi connectivity index (χ0n) is 12.8. The SMILES string of the molecule is CCc1cc2c(NCC(C)(C)C(=O)NC)nc(N)nc2s1. The second-order valence-corrected chi connectivity index (χ2v) is 6.65. The molecule has 0 aromatic carbocycles. The Morgan fingerprint density at radius 2 is 2.14 bits per heavy atom. The zero-order valence-corrected chi connectivity index (χ0v) is 13.6. The smallest absolute Gasteiger partial charge is 0.227 e. The topological polar surface area (TPSA) is 92.9 Å². The summed E-state index contributed by atoms with van der Waals surface area (Å²) in [4.78, 5) is 22.5. The van der Waals surface area contributed by atoms with Crippen LogP contribution in [0.4, 0.5) is 11.8 Å². The van der Waals surface area contributed by atoms with Crippen molar-refractivity contribution < 1.29 is 4.79 Å². The number of fused-ring (bicyclic) bond motifs is 1. The molecule has 0 fully saturated rings. The van der Waals surface area contributed by atoms with Crippen molar-refractivity contribution in [2.24, 2.45) is 5.41 Å². The number of nitrogens with zero attached hydrogens (tertiary/aromatic N) is 2. The normalized spacial score (nSPS) is 11.6. The number of carbonyl (C=O) groups excluding carboxylic acids is 1. The van der Waals surface area contributed by atoms with Gasteiger partial charge in [-0.25, -0.2) is 4.98 Å². The lowest BCUT2D eigenvalue weighted by molar-refractivity contribution is -0.128. The monoisotopic (exact) mass is 307 g/mol. The molecule has 0 saturated carbocycles. The average Bonchev–Trinajstić information content (AvgIpc) is 2.86. The van der Waals surface area contributed by atoms with Gasteiger partial charge in [0.1, 0.15) is 10.6 Å². The lowest BCUT2D eigenvalue weighted by Gasteiger charge is -2.23. The van der Waals surface area contributed by atoms with Crippen LogP contribution in [0.25, 0.3) is 10.2 Å². The molecule has 1 amide bonds. The van der Waals surface area contributed by atoms with Crippen molar-refractivity contribution in [1.82, 2.24) is 15.3 Å². The number of aromatic nitrogens is 2. The Kier molecular flexibility index (Phi) is 4.32. The van der Waals surface area contributed by atoms with E-state index in [0.29, 0.717) is 12.4 Å². The van der Waals surface area contributed by atoms with Crippen LogP contribution in [0.3, 0.4) is 0 Å². The Balaban J connectivity index is 2.29. The first-order valence-corrected chi connectivity index (χ1v) is 7.71. The van der Waals surface area contributed by atoms with Crippen LogP contribution in [0.15, 0.2) is 6.07 Å². The molecule has 0 spiro atoms. The fraction of sp³-hybridized carbons (Fsp3) is 0.500.